The molecule has 2 rings (SSSR count). The lowest BCUT2D eigenvalue weighted by molar-refractivity contribution is -0.0227. The van der Waals surface area contributed by atoms with Crippen LogP contribution in [0.15, 0.2) is 21.9 Å². The van der Waals surface area contributed by atoms with Crippen molar-refractivity contribution < 1.29 is 9.47 Å². The molecule has 1 unspecified atom stereocenters. The predicted octanol–water partition coefficient (Wildman–Crippen LogP) is 0.161. The second-order valence-corrected chi connectivity index (χ2v) is 4.72. The average Bonchev–Trinajstić information content (AvgIpc) is 2.75. The molecule has 2 heterocycles. The van der Waals surface area contributed by atoms with Crippen molar-refractivity contribution in [3.63, 3.8) is 0 Å². The molecule has 6 nitrogen and oxygen atoms in total. The van der Waals surface area contributed by atoms with Gasteiger partial charge in [-0.2, -0.15) is 0 Å². The molecule has 1 aromatic heterocycles. The van der Waals surface area contributed by atoms with E-state index >= 15 is 0 Å². The van der Waals surface area contributed by atoms with E-state index in [-0.39, 0.29) is 11.7 Å². The summed E-state index contributed by atoms with van der Waals surface area (Å²) in [6.07, 6.45) is 1.12. The summed E-state index contributed by atoms with van der Waals surface area (Å²) in [5.74, 6) is 0.670. The molecule has 0 amide bonds. The van der Waals surface area contributed by atoms with E-state index in [9.17, 15) is 9.59 Å². The van der Waals surface area contributed by atoms with Crippen LogP contribution < -0.4 is 11.2 Å². The summed E-state index contributed by atoms with van der Waals surface area (Å²) in [6, 6.07) is 1.31. The number of rotatable bonds is 4. The van der Waals surface area contributed by atoms with Crippen LogP contribution in [0.4, 0.5) is 0 Å². The van der Waals surface area contributed by atoms with Crippen LogP contribution in [0, 0.1) is 0 Å². The van der Waals surface area contributed by atoms with Crippen molar-refractivity contribution >= 4 is 11.8 Å². The molecular weight excluding hydrogens is 244 g/mol. The Bertz CT molecular complexity index is 484. The lowest BCUT2D eigenvalue weighted by Crippen LogP contribution is -2.32. The number of ether oxygens (including phenoxy) is 2. The molecule has 1 saturated heterocycles. The van der Waals surface area contributed by atoms with Crippen LogP contribution >= 0.6 is 11.8 Å². The largest absolute Gasteiger partial charge is 0.378 e. The van der Waals surface area contributed by atoms with Gasteiger partial charge in [0.2, 0.25) is 0 Å². The van der Waals surface area contributed by atoms with E-state index in [1.807, 2.05) is 6.92 Å². The highest BCUT2D eigenvalue weighted by atomic mass is 32.2. The first-order chi connectivity index (χ1) is 8.20. The van der Waals surface area contributed by atoms with Gasteiger partial charge in [0.25, 0.3) is 5.56 Å². The van der Waals surface area contributed by atoms with Crippen LogP contribution in [0.2, 0.25) is 0 Å². The molecular formula is C10H14N2O4S. The average molecular weight is 258 g/mol. The van der Waals surface area contributed by atoms with Gasteiger partial charge in [-0.3, -0.25) is 14.3 Å². The van der Waals surface area contributed by atoms with Crippen LogP contribution in [0.25, 0.3) is 0 Å². The van der Waals surface area contributed by atoms with Crippen molar-refractivity contribution in [1.29, 1.82) is 0 Å². The molecule has 7 heteroatoms. The second kappa shape index (κ2) is 5.52. The Hall–Kier alpha value is -1.05. The number of aromatic nitrogens is 2. The zero-order valence-electron chi connectivity index (χ0n) is 9.42. The molecule has 0 aliphatic carbocycles. The number of nitrogens with zero attached hydrogens (tertiary/aromatic N) is 1. The fraction of sp³-hybridized carbons (Fsp3) is 0.600. The predicted molar refractivity (Wildman–Crippen MR) is 64.2 cm³/mol. The van der Waals surface area contributed by atoms with Crippen LogP contribution in [0.1, 0.15) is 13.2 Å². The summed E-state index contributed by atoms with van der Waals surface area (Å²) in [4.78, 5) is 24.7. The summed E-state index contributed by atoms with van der Waals surface area (Å²) < 4.78 is 12.3. The molecule has 0 aromatic carbocycles. The molecule has 17 heavy (non-hydrogen) atoms. The van der Waals surface area contributed by atoms with Crippen LogP contribution in [-0.4, -0.2) is 34.0 Å². The van der Waals surface area contributed by atoms with Gasteiger partial charge in [-0.15, -0.1) is 11.8 Å². The fourth-order valence-corrected chi connectivity index (χ4v) is 2.56. The summed E-state index contributed by atoms with van der Waals surface area (Å²) in [5, 5.41) is 0. The van der Waals surface area contributed by atoms with E-state index < -0.39 is 11.2 Å². The molecule has 1 aliphatic heterocycles. The molecule has 94 valence electrons. The van der Waals surface area contributed by atoms with Gasteiger partial charge in [0.05, 0.1) is 6.61 Å². The van der Waals surface area contributed by atoms with Crippen LogP contribution in [0.3, 0.4) is 0 Å². The molecule has 1 fully saturated rings. The first-order valence-electron chi connectivity index (χ1n) is 5.37. The van der Waals surface area contributed by atoms with Crippen molar-refractivity contribution in [2.45, 2.75) is 18.6 Å². The highest BCUT2D eigenvalue weighted by Crippen LogP contribution is 2.30. The molecule has 1 aliphatic rings. The first-order valence-corrected chi connectivity index (χ1v) is 6.42. The summed E-state index contributed by atoms with van der Waals surface area (Å²) in [5.41, 5.74) is -0.901. The fourth-order valence-electron chi connectivity index (χ4n) is 1.54. The van der Waals surface area contributed by atoms with E-state index in [0.717, 1.165) is 0 Å². The highest BCUT2D eigenvalue weighted by Gasteiger charge is 2.27. The molecule has 0 bridgehead atoms. The van der Waals surface area contributed by atoms with Gasteiger partial charge in [-0.25, -0.2) is 4.79 Å². The highest BCUT2D eigenvalue weighted by molar-refractivity contribution is 8.00. The van der Waals surface area contributed by atoms with Crippen molar-refractivity contribution in [2.24, 2.45) is 0 Å². The smallest absolute Gasteiger partial charge is 0.330 e. The summed E-state index contributed by atoms with van der Waals surface area (Å²) in [6.45, 7) is 3.07. The lowest BCUT2D eigenvalue weighted by Gasteiger charge is -2.14. The van der Waals surface area contributed by atoms with E-state index in [1.165, 1.54) is 16.8 Å². The van der Waals surface area contributed by atoms with Crippen LogP contribution in [0.5, 0.6) is 0 Å². The first kappa shape index (κ1) is 12.4. The summed E-state index contributed by atoms with van der Waals surface area (Å²) >= 11 is 1.60. The van der Waals surface area contributed by atoms with Crippen molar-refractivity contribution in [3.05, 3.63) is 33.1 Å². The standard InChI is InChI=1S/C10H14N2O4S/c1-2-15-5-9-16-8(6-17-9)12-4-3-7(13)11-10(12)14/h3-4,8-9H,2,5-6H2,1H3,(H,11,13,14)/t8?,9-/m1/s1. The normalized spacial score (nSPS) is 24.1. The zero-order chi connectivity index (χ0) is 12.3. The van der Waals surface area contributed by atoms with Crippen molar-refractivity contribution in [1.82, 2.24) is 9.55 Å². The minimum Gasteiger partial charge on any atom is -0.378 e. The third-order valence-electron chi connectivity index (χ3n) is 2.35. The van der Waals surface area contributed by atoms with E-state index in [4.69, 9.17) is 9.47 Å². The Morgan fingerprint density at radius 2 is 2.47 bits per heavy atom. The minimum atomic E-state index is -0.444. The van der Waals surface area contributed by atoms with Gasteiger partial charge in [0.1, 0.15) is 11.7 Å². The molecule has 2 atom stereocenters. The van der Waals surface area contributed by atoms with Crippen molar-refractivity contribution in [2.75, 3.05) is 19.0 Å². The maximum atomic E-state index is 11.5. The number of H-pyrrole nitrogens is 1. The monoisotopic (exact) mass is 258 g/mol. The zero-order valence-corrected chi connectivity index (χ0v) is 10.2. The number of nitrogens with one attached hydrogen (secondary N) is 1. The number of thioether (sulfide) groups is 1. The van der Waals surface area contributed by atoms with Gasteiger partial charge < -0.3 is 9.47 Å². The Kier molecular flexibility index (Phi) is 4.03. The molecule has 1 aromatic rings. The van der Waals surface area contributed by atoms with E-state index in [2.05, 4.69) is 4.98 Å². The minimum absolute atomic E-state index is 0.0567. The number of hydrogen-bond donors (Lipinski definition) is 1. The maximum absolute atomic E-state index is 11.5. The summed E-state index contributed by atoms with van der Waals surface area (Å²) in [7, 11) is 0. The van der Waals surface area contributed by atoms with E-state index in [1.54, 1.807) is 11.8 Å². The molecule has 1 N–H and O–H groups in total. The van der Waals surface area contributed by atoms with Gasteiger partial charge >= 0.3 is 5.69 Å². The Labute approximate surface area is 102 Å². The topological polar surface area (TPSA) is 73.3 Å². The van der Waals surface area contributed by atoms with E-state index in [0.29, 0.717) is 19.0 Å². The van der Waals surface area contributed by atoms with Crippen molar-refractivity contribution in [3.8, 4) is 0 Å². The Morgan fingerprint density at radius 1 is 1.65 bits per heavy atom. The SMILES string of the molecule is CCOC[C@@H]1OC(n2ccc(=O)[nH]c2=O)CS1. The van der Waals surface area contributed by atoms with Crippen LogP contribution in [-0.2, 0) is 9.47 Å². The van der Waals surface area contributed by atoms with Gasteiger partial charge in [0.15, 0.2) is 0 Å². The second-order valence-electron chi connectivity index (χ2n) is 3.53. The third kappa shape index (κ3) is 2.99. The lowest BCUT2D eigenvalue weighted by atomic mass is 10.5. The Balaban J connectivity index is 2.05. The quantitative estimate of drug-likeness (QED) is 0.833. The Morgan fingerprint density at radius 3 is 3.18 bits per heavy atom. The molecule has 0 saturated carbocycles. The third-order valence-corrected chi connectivity index (χ3v) is 3.45. The molecule has 0 radical (unpaired) electrons. The number of hydrogen-bond acceptors (Lipinski definition) is 5. The van der Waals surface area contributed by atoms with Gasteiger partial charge in [-0.1, -0.05) is 0 Å². The maximum Gasteiger partial charge on any atom is 0.330 e. The molecule has 0 spiro atoms. The number of aromatic amines is 1. The van der Waals surface area contributed by atoms with Gasteiger partial charge in [0, 0.05) is 24.6 Å². The van der Waals surface area contributed by atoms with Gasteiger partial charge in [-0.05, 0) is 6.92 Å².